The number of halogens is 2. The van der Waals surface area contributed by atoms with Gasteiger partial charge in [-0.2, -0.15) is 10.2 Å². The average molecular weight is 408 g/mol. The monoisotopic (exact) mass is 407 g/mol. The van der Waals surface area contributed by atoms with E-state index in [4.69, 9.17) is 23.2 Å². The largest absolute Gasteiger partial charge is 0.345 e. The highest BCUT2D eigenvalue weighted by molar-refractivity contribution is 6.36. The molecule has 0 spiro atoms. The minimum absolute atomic E-state index is 0.117. The van der Waals surface area contributed by atoms with E-state index in [0.29, 0.717) is 16.6 Å². The van der Waals surface area contributed by atoms with Gasteiger partial charge in [0.1, 0.15) is 0 Å². The summed E-state index contributed by atoms with van der Waals surface area (Å²) in [5.74, 6) is -1.46. The van der Waals surface area contributed by atoms with Gasteiger partial charge in [-0.3, -0.25) is 14.3 Å². The number of hydrogen-bond donors (Lipinski definition) is 2. The quantitative estimate of drug-likeness (QED) is 0.453. The molecule has 1 aliphatic carbocycles. The SMILES string of the molecule is Cc1nn(Cc2c(Cl)cccc2Cl)c(C)c1/C=N\NC(=O)C(=O)NC1CC1. The smallest absolute Gasteiger partial charge is 0.329 e. The minimum atomic E-state index is -0.788. The molecule has 142 valence electrons. The molecule has 2 amide bonds. The zero-order chi connectivity index (χ0) is 19.6. The van der Waals surface area contributed by atoms with Gasteiger partial charge < -0.3 is 5.32 Å². The second kappa shape index (κ2) is 8.10. The molecule has 1 heterocycles. The highest BCUT2D eigenvalue weighted by atomic mass is 35.5. The first kappa shape index (κ1) is 19.4. The van der Waals surface area contributed by atoms with Gasteiger partial charge >= 0.3 is 11.8 Å². The number of amides is 2. The highest BCUT2D eigenvalue weighted by Crippen LogP contribution is 2.26. The minimum Gasteiger partial charge on any atom is -0.345 e. The third kappa shape index (κ3) is 4.67. The van der Waals surface area contributed by atoms with Crippen molar-refractivity contribution >= 4 is 41.2 Å². The van der Waals surface area contributed by atoms with Crippen molar-refractivity contribution < 1.29 is 9.59 Å². The summed E-state index contributed by atoms with van der Waals surface area (Å²) in [6, 6.07) is 5.46. The number of carbonyl (C=O) groups is 2. The molecule has 1 saturated carbocycles. The summed E-state index contributed by atoms with van der Waals surface area (Å²) in [4.78, 5) is 23.3. The van der Waals surface area contributed by atoms with Gasteiger partial charge in [-0.1, -0.05) is 29.3 Å². The van der Waals surface area contributed by atoms with Crippen LogP contribution in [0.5, 0.6) is 0 Å². The summed E-state index contributed by atoms with van der Waals surface area (Å²) < 4.78 is 1.77. The number of nitrogens with one attached hydrogen (secondary N) is 2. The number of aryl methyl sites for hydroxylation is 1. The van der Waals surface area contributed by atoms with Crippen molar-refractivity contribution in [2.75, 3.05) is 0 Å². The number of benzene rings is 1. The first-order valence-electron chi connectivity index (χ1n) is 8.47. The van der Waals surface area contributed by atoms with Crippen LogP contribution in [0.1, 0.15) is 35.4 Å². The number of hydrazone groups is 1. The molecule has 1 aromatic heterocycles. The topological polar surface area (TPSA) is 88.4 Å². The van der Waals surface area contributed by atoms with Crippen LogP contribution in [0.3, 0.4) is 0 Å². The Kier molecular flexibility index (Phi) is 5.82. The molecular formula is C18H19Cl2N5O2. The Morgan fingerprint density at radius 3 is 2.56 bits per heavy atom. The van der Waals surface area contributed by atoms with E-state index >= 15 is 0 Å². The Morgan fingerprint density at radius 2 is 1.93 bits per heavy atom. The molecule has 0 atom stereocenters. The van der Waals surface area contributed by atoms with Gasteiger partial charge in [-0.15, -0.1) is 0 Å². The fraction of sp³-hybridized carbons (Fsp3) is 0.333. The van der Waals surface area contributed by atoms with E-state index in [0.717, 1.165) is 35.4 Å². The highest BCUT2D eigenvalue weighted by Gasteiger charge is 2.26. The van der Waals surface area contributed by atoms with Gasteiger partial charge in [0.2, 0.25) is 0 Å². The van der Waals surface area contributed by atoms with Crippen LogP contribution in [0, 0.1) is 13.8 Å². The molecule has 0 aliphatic heterocycles. The summed E-state index contributed by atoms with van der Waals surface area (Å²) in [5.41, 5.74) is 5.33. The zero-order valence-corrected chi connectivity index (χ0v) is 16.4. The summed E-state index contributed by atoms with van der Waals surface area (Å²) in [6.45, 7) is 4.13. The van der Waals surface area contributed by atoms with Gasteiger partial charge in [-0.25, -0.2) is 5.43 Å². The van der Waals surface area contributed by atoms with Gasteiger partial charge in [0.05, 0.1) is 18.5 Å². The lowest BCUT2D eigenvalue weighted by Crippen LogP contribution is -2.38. The third-order valence-corrected chi connectivity index (χ3v) is 4.99. The van der Waals surface area contributed by atoms with E-state index in [-0.39, 0.29) is 6.04 Å². The summed E-state index contributed by atoms with van der Waals surface area (Å²) >= 11 is 12.5. The zero-order valence-electron chi connectivity index (χ0n) is 14.9. The molecular weight excluding hydrogens is 389 g/mol. The van der Waals surface area contributed by atoms with Crippen molar-refractivity contribution in [3.63, 3.8) is 0 Å². The van der Waals surface area contributed by atoms with Crippen molar-refractivity contribution in [3.8, 4) is 0 Å². The lowest BCUT2D eigenvalue weighted by Gasteiger charge is -2.08. The van der Waals surface area contributed by atoms with Crippen LogP contribution in [0.15, 0.2) is 23.3 Å². The molecule has 9 heteroatoms. The Labute approximate surface area is 166 Å². The van der Waals surface area contributed by atoms with E-state index in [1.165, 1.54) is 6.21 Å². The predicted octanol–water partition coefficient (Wildman–Crippen LogP) is 2.58. The second-order valence-corrected chi connectivity index (χ2v) is 7.20. The van der Waals surface area contributed by atoms with Gasteiger partial charge in [0.25, 0.3) is 0 Å². The summed E-state index contributed by atoms with van der Waals surface area (Å²) in [7, 11) is 0. The van der Waals surface area contributed by atoms with Crippen molar-refractivity contribution in [2.45, 2.75) is 39.3 Å². The van der Waals surface area contributed by atoms with E-state index < -0.39 is 11.8 Å². The molecule has 2 aromatic rings. The lowest BCUT2D eigenvalue weighted by atomic mass is 10.2. The molecule has 0 saturated heterocycles. The third-order valence-electron chi connectivity index (χ3n) is 4.29. The van der Waals surface area contributed by atoms with E-state index in [1.807, 2.05) is 13.8 Å². The molecule has 2 N–H and O–H groups in total. The predicted molar refractivity (Wildman–Crippen MR) is 104 cm³/mol. The maximum absolute atomic E-state index is 11.7. The Hall–Kier alpha value is -2.38. The van der Waals surface area contributed by atoms with Crippen LogP contribution in [-0.4, -0.2) is 33.9 Å². The summed E-state index contributed by atoms with van der Waals surface area (Å²) in [6.07, 6.45) is 3.30. The Bertz CT molecular complexity index is 898. The van der Waals surface area contributed by atoms with Gasteiger partial charge in [0.15, 0.2) is 0 Å². The molecule has 7 nitrogen and oxygen atoms in total. The van der Waals surface area contributed by atoms with Crippen LogP contribution >= 0.6 is 23.2 Å². The number of aromatic nitrogens is 2. The second-order valence-electron chi connectivity index (χ2n) is 6.39. The normalized spacial score (nSPS) is 13.8. The van der Waals surface area contributed by atoms with Crippen LogP contribution < -0.4 is 10.7 Å². The first-order valence-corrected chi connectivity index (χ1v) is 9.23. The van der Waals surface area contributed by atoms with Crippen molar-refractivity contribution in [1.82, 2.24) is 20.5 Å². The van der Waals surface area contributed by atoms with Crippen molar-refractivity contribution in [3.05, 3.63) is 50.8 Å². The lowest BCUT2D eigenvalue weighted by molar-refractivity contribution is -0.139. The fourth-order valence-electron chi connectivity index (χ4n) is 2.57. The fourth-order valence-corrected chi connectivity index (χ4v) is 3.09. The van der Waals surface area contributed by atoms with Crippen LogP contribution in [0.4, 0.5) is 0 Å². The van der Waals surface area contributed by atoms with Crippen LogP contribution in [0.25, 0.3) is 0 Å². The van der Waals surface area contributed by atoms with Crippen molar-refractivity contribution in [2.24, 2.45) is 5.10 Å². The number of hydrogen-bond acceptors (Lipinski definition) is 4. The van der Waals surface area contributed by atoms with E-state index in [9.17, 15) is 9.59 Å². The maximum atomic E-state index is 11.7. The first-order chi connectivity index (χ1) is 12.9. The summed E-state index contributed by atoms with van der Waals surface area (Å²) in [5, 5.41) is 12.1. The molecule has 1 aromatic carbocycles. The standard InChI is InChI=1S/C18H19Cl2N5O2/c1-10-13(8-21-23-18(27)17(26)22-12-6-7-12)11(2)25(24-10)9-14-15(19)4-3-5-16(14)20/h3-5,8,12H,6-7,9H2,1-2H3,(H,22,26)(H,23,27)/b21-8-. The molecule has 0 radical (unpaired) electrons. The van der Waals surface area contributed by atoms with Crippen molar-refractivity contribution in [1.29, 1.82) is 0 Å². The van der Waals surface area contributed by atoms with Crippen LogP contribution in [-0.2, 0) is 16.1 Å². The van der Waals surface area contributed by atoms with Crippen LogP contribution in [0.2, 0.25) is 10.0 Å². The molecule has 1 aliphatic rings. The van der Waals surface area contributed by atoms with E-state index in [2.05, 4.69) is 20.9 Å². The molecule has 27 heavy (non-hydrogen) atoms. The average Bonchev–Trinajstić information content (AvgIpc) is 3.39. The van der Waals surface area contributed by atoms with Gasteiger partial charge in [-0.05, 0) is 38.8 Å². The Morgan fingerprint density at radius 1 is 1.26 bits per heavy atom. The number of nitrogens with zero attached hydrogens (tertiary/aromatic N) is 3. The Balaban J connectivity index is 1.70. The van der Waals surface area contributed by atoms with E-state index in [1.54, 1.807) is 22.9 Å². The molecule has 0 unspecified atom stereocenters. The number of rotatable bonds is 5. The molecule has 1 fully saturated rings. The maximum Gasteiger partial charge on any atom is 0.329 e. The van der Waals surface area contributed by atoms with Gasteiger partial charge in [0, 0.05) is 32.9 Å². The molecule has 3 rings (SSSR count). The molecule has 0 bridgehead atoms. The number of carbonyl (C=O) groups excluding carboxylic acids is 2.